The predicted molar refractivity (Wildman–Crippen MR) is 112 cm³/mol. The third-order valence-electron chi connectivity index (χ3n) is 5.12. The van der Waals surface area contributed by atoms with Crippen molar-refractivity contribution in [2.75, 3.05) is 11.9 Å². The monoisotopic (exact) mass is 371 g/mol. The van der Waals surface area contributed by atoms with Gasteiger partial charge in [0, 0.05) is 17.4 Å². The number of nitrogen functional groups attached to an aromatic ring is 1. The minimum absolute atomic E-state index is 0.614. The smallest absolute Gasteiger partial charge is 0.277 e. The van der Waals surface area contributed by atoms with E-state index < -0.39 is 7.37 Å². The Kier molecular flexibility index (Phi) is 6.43. The molecule has 26 heavy (non-hydrogen) atoms. The van der Waals surface area contributed by atoms with E-state index in [0.29, 0.717) is 17.6 Å². The highest BCUT2D eigenvalue weighted by atomic mass is 31.2. The number of hydrogen-bond donors (Lipinski definition) is 1. The largest absolute Gasteiger partial charge is 0.439 e. The lowest BCUT2D eigenvalue weighted by molar-refractivity contribution is 0.486. The molecule has 1 heterocycles. The van der Waals surface area contributed by atoms with Gasteiger partial charge in [0.15, 0.2) is 0 Å². The van der Waals surface area contributed by atoms with Gasteiger partial charge in [0.05, 0.1) is 5.30 Å². The third-order valence-corrected chi connectivity index (χ3v) is 7.64. The van der Waals surface area contributed by atoms with Crippen molar-refractivity contribution in [2.45, 2.75) is 58.3 Å². The molecular formula is C22H30NO2P. The first-order valence-electron chi connectivity index (χ1n) is 9.92. The van der Waals surface area contributed by atoms with Crippen LogP contribution in [0.2, 0.25) is 0 Å². The van der Waals surface area contributed by atoms with Crippen LogP contribution >= 0.6 is 7.37 Å². The van der Waals surface area contributed by atoms with Crippen molar-refractivity contribution in [2.24, 2.45) is 0 Å². The summed E-state index contributed by atoms with van der Waals surface area (Å²) in [6, 6.07) is 13.5. The van der Waals surface area contributed by atoms with Crippen LogP contribution in [0.15, 0.2) is 42.5 Å². The molecule has 3 rings (SSSR count). The van der Waals surface area contributed by atoms with Gasteiger partial charge >= 0.3 is 0 Å². The van der Waals surface area contributed by atoms with Gasteiger partial charge in [-0.25, -0.2) is 0 Å². The average molecular weight is 371 g/mol. The molecule has 1 aliphatic heterocycles. The topological polar surface area (TPSA) is 52.3 Å². The van der Waals surface area contributed by atoms with Crippen molar-refractivity contribution in [3.05, 3.63) is 42.5 Å². The lowest BCUT2D eigenvalue weighted by atomic mass is 10.0. The molecule has 0 fully saturated rings. The molecule has 1 unspecified atom stereocenters. The molecule has 3 nitrogen and oxygen atoms in total. The van der Waals surface area contributed by atoms with Gasteiger partial charge in [-0.1, -0.05) is 70.1 Å². The summed E-state index contributed by atoms with van der Waals surface area (Å²) in [6.45, 7) is 2.24. The summed E-state index contributed by atoms with van der Waals surface area (Å²) in [6.07, 6.45) is 10.5. The Morgan fingerprint density at radius 2 is 1.58 bits per heavy atom. The summed E-state index contributed by atoms with van der Waals surface area (Å²) >= 11 is 0. The predicted octanol–water partition coefficient (Wildman–Crippen LogP) is 6.37. The number of unbranched alkanes of at least 4 members (excludes halogenated alkanes) is 7. The molecule has 2 N–H and O–H groups in total. The van der Waals surface area contributed by atoms with E-state index >= 15 is 0 Å². The Bertz CT molecular complexity index is 787. The molecule has 0 radical (unpaired) electrons. The van der Waals surface area contributed by atoms with E-state index in [1.54, 1.807) is 0 Å². The number of rotatable bonds is 9. The fourth-order valence-electron chi connectivity index (χ4n) is 3.66. The van der Waals surface area contributed by atoms with Crippen molar-refractivity contribution in [3.8, 4) is 16.9 Å². The molecule has 0 aromatic heterocycles. The van der Waals surface area contributed by atoms with Crippen LogP contribution in [0.1, 0.15) is 58.3 Å². The van der Waals surface area contributed by atoms with Crippen LogP contribution in [0, 0.1) is 0 Å². The standard InChI is InChI=1S/C22H30NO2P/c1-2-3-4-5-6-7-8-11-16-26(24)22-13-10-9-12-19(22)20-17-18(23)14-15-21(20)25-26/h9-10,12-15,17H,2-8,11,16,23H2,1H3. The van der Waals surface area contributed by atoms with Gasteiger partial charge < -0.3 is 10.3 Å². The quantitative estimate of drug-likeness (QED) is 0.316. The summed E-state index contributed by atoms with van der Waals surface area (Å²) in [7, 11) is -2.86. The van der Waals surface area contributed by atoms with Crippen LogP contribution < -0.4 is 15.6 Å². The second-order valence-corrected chi connectivity index (χ2v) is 9.69. The van der Waals surface area contributed by atoms with Gasteiger partial charge in [0.25, 0.3) is 7.37 Å². The third kappa shape index (κ3) is 4.32. The summed E-state index contributed by atoms with van der Waals surface area (Å²) in [5, 5.41) is 0.848. The summed E-state index contributed by atoms with van der Waals surface area (Å²) < 4.78 is 19.7. The summed E-state index contributed by atoms with van der Waals surface area (Å²) in [5.41, 5.74) is 8.59. The SMILES string of the molecule is CCCCCCCCCCP1(=O)Oc2ccc(N)cc2-c2ccccc21. The Labute approximate surface area is 157 Å². The van der Waals surface area contributed by atoms with Crippen molar-refractivity contribution in [1.29, 1.82) is 0 Å². The molecule has 0 bridgehead atoms. The molecule has 2 aromatic carbocycles. The first-order valence-corrected chi connectivity index (χ1v) is 11.7. The highest BCUT2D eigenvalue weighted by molar-refractivity contribution is 7.67. The zero-order chi connectivity index (χ0) is 18.4. The molecule has 0 spiro atoms. The highest BCUT2D eigenvalue weighted by Crippen LogP contribution is 2.55. The number of nitrogens with two attached hydrogens (primary N) is 1. The van der Waals surface area contributed by atoms with E-state index in [1.807, 2.05) is 42.5 Å². The molecule has 0 amide bonds. The first-order chi connectivity index (χ1) is 12.6. The lowest BCUT2D eigenvalue weighted by Gasteiger charge is -2.29. The van der Waals surface area contributed by atoms with Crippen molar-refractivity contribution >= 4 is 18.4 Å². The minimum Gasteiger partial charge on any atom is -0.439 e. The summed E-state index contributed by atoms with van der Waals surface area (Å²) in [4.78, 5) is 0. The molecule has 0 aliphatic carbocycles. The van der Waals surface area contributed by atoms with Crippen LogP contribution in [-0.2, 0) is 4.57 Å². The normalized spacial score (nSPS) is 18.0. The van der Waals surface area contributed by atoms with Crippen molar-refractivity contribution in [1.82, 2.24) is 0 Å². The van der Waals surface area contributed by atoms with Gasteiger partial charge in [-0.15, -0.1) is 0 Å². The van der Waals surface area contributed by atoms with Crippen LogP contribution in [0.4, 0.5) is 5.69 Å². The number of benzene rings is 2. The van der Waals surface area contributed by atoms with Crippen LogP contribution in [-0.4, -0.2) is 6.16 Å². The molecule has 2 aromatic rings. The van der Waals surface area contributed by atoms with E-state index in [1.165, 1.54) is 38.5 Å². The van der Waals surface area contributed by atoms with E-state index in [9.17, 15) is 4.57 Å². The Balaban J connectivity index is 1.65. The fraction of sp³-hybridized carbons (Fsp3) is 0.455. The maximum absolute atomic E-state index is 13.6. The molecule has 0 saturated carbocycles. The van der Waals surface area contributed by atoms with Gasteiger partial charge in [-0.2, -0.15) is 0 Å². The molecule has 4 heteroatoms. The van der Waals surface area contributed by atoms with E-state index in [4.69, 9.17) is 10.3 Å². The Morgan fingerprint density at radius 3 is 2.35 bits per heavy atom. The van der Waals surface area contributed by atoms with Crippen molar-refractivity contribution in [3.63, 3.8) is 0 Å². The van der Waals surface area contributed by atoms with Gasteiger partial charge in [-0.05, 0) is 36.2 Å². The average Bonchev–Trinajstić information content (AvgIpc) is 2.65. The van der Waals surface area contributed by atoms with E-state index in [0.717, 1.165) is 29.3 Å². The number of anilines is 1. The van der Waals surface area contributed by atoms with E-state index in [-0.39, 0.29) is 0 Å². The van der Waals surface area contributed by atoms with Gasteiger partial charge in [0.1, 0.15) is 5.75 Å². The van der Waals surface area contributed by atoms with Crippen LogP contribution in [0.25, 0.3) is 11.1 Å². The zero-order valence-corrected chi connectivity index (χ0v) is 16.6. The first kappa shape index (κ1) is 19.0. The Morgan fingerprint density at radius 1 is 0.885 bits per heavy atom. The van der Waals surface area contributed by atoms with Crippen molar-refractivity contribution < 1.29 is 9.09 Å². The van der Waals surface area contributed by atoms with Crippen LogP contribution in [0.5, 0.6) is 5.75 Å². The molecule has 0 saturated heterocycles. The zero-order valence-electron chi connectivity index (χ0n) is 15.7. The second-order valence-electron chi connectivity index (χ2n) is 7.24. The molecule has 1 atom stereocenters. The van der Waals surface area contributed by atoms with E-state index in [2.05, 4.69) is 6.92 Å². The fourth-order valence-corrected chi connectivity index (χ4v) is 6.09. The lowest BCUT2D eigenvalue weighted by Crippen LogP contribution is -2.19. The molecule has 140 valence electrons. The Hall–Kier alpha value is -1.73. The number of hydrogen-bond acceptors (Lipinski definition) is 3. The van der Waals surface area contributed by atoms with Gasteiger partial charge in [-0.3, -0.25) is 4.57 Å². The molecule has 1 aliphatic rings. The minimum atomic E-state index is -2.86. The second kappa shape index (κ2) is 8.77. The van der Waals surface area contributed by atoms with Gasteiger partial charge in [0.2, 0.25) is 0 Å². The maximum atomic E-state index is 13.6. The maximum Gasteiger partial charge on any atom is 0.277 e. The number of fused-ring (bicyclic) bond motifs is 3. The summed E-state index contributed by atoms with van der Waals surface area (Å²) in [5.74, 6) is 0.695. The highest BCUT2D eigenvalue weighted by Gasteiger charge is 2.35. The van der Waals surface area contributed by atoms with Crippen LogP contribution in [0.3, 0.4) is 0 Å². The molecular weight excluding hydrogens is 341 g/mol.